The topological polar surface area (TPSA) is 0 Å². The van der Waals surface area contributed by atoms with Crippen molar-refractivity contribution in [3.63, 3.8) is 0 Å². The minimum Gasteiger partial charge on any atom is -1.00 e. The Morgan fingerprint density at radius 1 is 0.850 bits per heavy atom. The maximum absolute atomic E-state index is 2.44. The molecule has 2 aliphatic rings. The number of halogens is 2. The van der Waals surface area contributed by atoms with Gasteiger partial charge in [-0.05, 0) is 39.0 Å². The van der Waals surface area contributed by atoms with E-state index in [-0.39, 0.29) is 48.0 Å². The summed E-state index contributed by atoms with van der Waals surface area (Å²) < 4.78 is 2.76. The van der Waals surface area contributed by atoms with Crippen molar-refractivity contribution in [1.29, 1.82) is 0 Å². The maximum atomic E-state index is 2.44. The van der Waals surface area contributed by atoms with Crippen molar-refractivity contribution >= 4 is 0 Å². The average Bonchev–Trinajstić information content (AvgIpc) is 2.88. The van der Waals surface area contributed by atoms with Gasteiger partial charge in [0.1, 0.15) is 0 Å². The van der Waals surface area contributed by atoms with Gasteiger partial charge in [-0.2, -0.15) is 0 Å². The lowest BCUT2D eigenvalue weighted by Crippen LogP contribution is -3.00. The molecule has 2 saturated heterocycles. The first-order valence-corrected chi connectivity index (χ1v) is 8.30. The van der Waals surface area contributed by atoms with Gasteiger partial charge >= 0.3 is 0 Å². The fourth-order valence-electron chi connectivity index (χ4n) is 4.01. The number of nitrogens with zero attached hydrogens (tertiary/aromatic N) is 2. The Hall–Kier alpha value is 1.38. The lowest BCUT2D eigenvalue weighted by atomic mass is 9.91. The Morgan fingerprint density at radius 3 is 1.85 bits per heavy atom. The lowest BCUT2D eigenvalue weighted by Gasteiger charge is -2.41. The Balaban J connectivity index is 0.00000180. The number of quaternary nitrogens is 2. The van der Waals surface area contributed by atoms with Crippen LogP contribution < -0.4 is 48.0 Å². The van der Waals surface area contributed by atoms with Crippen molar-refractivity contribution in [3.8, 4) is 0 Å². The molecule has 0 atom stereocenters. The highest BCUT2D eigenvalue weighted by Crippen LogP contribution is 2.27. The van der Waals surface area contributed by atoms with Gasteiger partial charge in [0.15, 0.2) is 0 Å². The summed E-state index contributed by atoms with van der Waals surface area (Å²) in [6, 6.07) is 0. The van der Waals surface area contributed by atoms with Gasteiger partial charge in [0.25, 0.3) is 0 Å². The van der Waals surface area contributed by atoms with E-state index in [1.165, 1.54) is 86.9 Å². The third kappa shape index (κ3) is 5.54. The highest BCUT2D eigenvalue weighted by atomic mass is 127. The molecule has 2 nitrogen and oxygen atoms in total. The fourth-order valence-corrected chi connectivity index (χ4v) is 4.01. The van der Waals surface area contributed by atoms with Crippen LogP contribution in [0.5, 0.6) is 0 Å². The molecule has 2 fully saturated rings. The minimum absolute atomic E-state index is 0. The van der Waals surface area contributed by atoms with E-state index in [2.05, 4.69) is 20.9 Å². The van der Waals surface area contributed by atoms with Gasteiger partial charge in [0, 0.05) is 12.8 Å². The van der Waals surface area contributed by atoms with Crippen LogP contribution in [-0.4, -0.2) is 61.8 Å². The predicted octanol–water partition coefficient (Wildman–Crippen LogP) is -3.11. The van der Waals surface area contributed by atoms with Crippen LogP contribution in [0.1, 0.15) is 46.0 Å². The number of rotatable bonds is 5. The zero-order valence-corrected chi connectivity index (χ0v) is 18.0. The van der Waals surface area contributed by atoms with Gasteiger partial charge < -0.3 is 56.9 Å². The smallest absolute Gasteiger partial charge is 0.0789 e. The predicted molar refractivity (Wildman–Crippen MR) is 78.4 cm³/mol. The van der Waals surface area contributed by atoms with Crippen molar-refractivity contribution in [3.05, 3.63) is 0 Å². The highest BCUT2D eigenvalue weighted by Gasteiger charge is 2.33. The number of hydrogen-bond acceptors (Lipinski definition) is 0. The van der Waals surface area contributed by atoms with Crippen LogP contribution in [0.3, 0.4) is 0 Å². The van der Waals surface area contributed by atoms with E-state index >= 15 is 0 Å². The monoisotopic (exact) mass is 508 g/mol. The third-order valence-corrected chi connectivity index (χ3v) is 6.12. The molecule has 0 aromatic heterocycles. The summed E-state index contributed by atoms with van der Waals surface area (Å²) >= 11 is 0. The van der Waals surface area contributed by atoms with Gasteiger partial charge in [0.2, 0.25) is 0 Å². The summed E-state index contributed by atoms with van der Waals surface area (Å²) in [5.41, 5.74) is 0. The molecule has 0 unspecified atom stereocenters. The van der Waals surface area contributed by atoms with Crippen LogP contribution in [0, 0.1) is 5.92 Å². The summed E-state index contributed by atoms with van der Waals surface area (Å²) in [7, 11) is 2.44. The van der Waals surface area contributed by atoms with E-state index < -0.39 is 0 Å². The zero-order chi connectivity index (χ0) is 13.1. The molecule has 2 heterocycles. The Bertz CT molecular complexity index is 257. The van der Waals surface area contributed by atoms with E-state index in [1.54, 1.807) is 0 Å². The summed E-state index contributed by atoms with van der Waals surface area (Å²) in [6.45, 7) is 14.7. The van der Waals surface area contributed by atoms with E-state index in [9.17, 15) is 0 Å². The van der Waals surface area contributed by atoms with Crippen molar-refractivity contribution in [2.75, 3.05) is 52.9 Å². The molecule has 0 aliphatic carbocycles. The van der Waals surface area contributed by atoms with Crippen LogP contribution >= 0.6 is 0 Å². The second-order valence-corrected chi connectivity index (χ2v) is 7.15. The van der Waals surface area contributed by atoms with Crippen LogP contribution in [-0.2, 0) is 0 Å². The largest absolute Gasteiger partial charge is 1.00 e. The Morgan fingerprint density at radius 2 is 1.40 bits per heavy atom. The standard InChI is InChI=1S/C16H34N2.2HI/c1-4-17(3)13-8-16(9-14-17)10-15-18(5-2)11-6-7-12-18;;/h16H,4-15H2,1-3H3;2*1H/q+2;;/p-2. The van der Waals surface area contributed by atoms with Gasteiger partial charge in [0.05, 0.1) is 52.9 Å². The van der Waals surface area contributed by atoms with E-state index in [0.29, 0.717) is 0 Å². The molecule has 0 saturated carbocycles. The minimum atomic E-state index is 0. The van der Waals surface area contributed by atoms with Gasteiger partial charge in [-0.3, -0.25) is 0 Å². The second-order valence-electron chi connectivity index (χ2n) is 7.15. The lowest BCUT2D eigenvalue weighted by molar-refractivity contribution is -0.919. The number of piperidine rings is 1. The first-order chi connectivity index (χ1) is 8.61. The molecule has 122 valence electrons. The molecule has 0 N–H and O–H groups in total. The molecule has 2 rings (SSSR count). The summed E-state index contributed by atoms with van der Waals surface area (Å²) in [4.78, 5) is 0. The molecule has 0 aromatic carbocycles. The quantitative estimate of drug-likeness (QED) is 0.273. The number of hydrogen-bond donors (Lipinski definition) is 0. The molecule has 4 heteroatoms. The normalized spacial score (nSPS) is 32.2. The molecular formula is C16H34I2N2. The molecule has 0 radical (unpaired) electrons. The van der Waals surface area contributed by atoms with E-state index in [4.69, 9.17) is 0 Å². The molecule has 0 aromatic rings. The Kier molecular flexibility index (Phi) is 10.2. The van der Waals surface area contributed by atoms with Crippen LogP contribution in [0.15, 0.2) is 0 Å². The molecule has 20 heavy (non-hydrogen) atoms. The van der Waals surface area contributed by atoms with Gasteiger partial charge in [-0.1, -0.05) is 0 Å². The van der Waals surface area contributed by atoms with Crippen LogP contribution in [0.25, 0.3) is 0 Å². The SMILES string of the molecule is CC[N+]1(C)CCC(CC[N+]2(CC)CCCC2)CC1.[I-].[I-]. The average molecular weight is 508 g/mol. The maximum Gasteiger partial charge on any atom is 0.0789 e. The van der Waals surface area contributed by atoms with Crippen LogP contribution in [0.4, 0.5) is 0 Å². The molecule has 0 amide bonds. The van der Waals surface area contributed by atoms with Crippen LogP contribution in [0.2, 0.25) is 0 Å². The van der Waals surface area contributed by atoms with E-state index in [0.717, 1.165) is 5.92 Å². The fraction of sp³-hybridized carbons (Fsp3) is 1.00. The second kappa shape index (κ2) is 9.50. The first kappa shape index (κ1) is 21.4. The number of likely N-dealkylation sites (tertiary alicyclic amines) is 2. The summed E-state index contributed by atoms with van der Waals surface area (Å²) in [5.74, 6) is 1.03. The van der Waals surface area contributed by atoms with Gasteiger partial charge in [-0.15, -0.1) is 0 Å². The molecule has 2 aliphatic heterocycles. The molecular weight excluding hydrogens is 474 g/mol. The first-order valence-electron chi connectivity index (χ1n) is 8.30. The Labute approximate surface area is 160 Å². The summed E-state index contributed by atoms with van der Waals surface area (Å²) in [6.07, 6.45) is 7.41. The summed E-state index contributed by atoms with van der Waals surface area (Å²) in [5, 5.41) is 0. The molecule has 0 bridgehead atoms. The van der Waals surface area contributed by atoms with Crippen molar-refractivity contribution in [2.45, 2.75) is 46.0 Å². The zero-order valence-electron chi connectivity index (χ0n) is 13.7. The molecule has 0 spiro atoms. The highest BCUT2D eigenvalue weighted by molar-refractivity contribution is 4.66. The van der Waals surface area contributed by atoms with Crippen molar-refractivity contribution in [2.24, 2.45) is 5.92 Å². The third-order valence-electron chi connectivity index (χ3n) is 6.12. The van der Waals surface area contributed by atoms with Crippen molar-refractivity contribution < 1.29 is 56.9 Å². The van der Waals surface area contributed by atoms with Gasteiger partial charge in [-0.25, -0.2) is 0 Å². The van der Waals surface area contributed by atoms with E-state index in [1.807, 2.05) is 0 Å². The van der Waals surface area contributed by atoms with Crippen molar-refractivity contribution in [1.82, 2.24) is 0 Å².